The van der Waals surface area contributed by atoms with Crippen LogP contribution in [0.15, 0.2) is 36.7 Å². The van der Waals surface area contributed by atoms with Gasteiger partial charge in [-0.25, -0.2) is 9.78 Å². The number of rotatable bonds is 6. The zero-order valence-corrected chi connectivity index (χ0v) is 14.8. The minimum atomic E-state index is -0.0767. The third-order valence-electron chi connectivity index (χ3n) is 5.01. The van der Waals surface area contributed by atoms with Crippen LogP contribution in [-0.4, -0.2) is 33.4 Å². The van der Waals surface area contributed by atoms with Gasteiger partial charge in [0.15, 0.2) is 0 Å². The molecule has 25 heavy (non-hydrogen) atoms. The van der Waals surface area contributed by atoms with Crippen molar-refractivity contribution >= 4 is 6.03 Å². The van der Waals surface area contributed by atoms with Crippen LogP contribution in [0.3, 0.4) is 0 Å². The standard InChI is InChI=1S/C19H27N5O/c1-24-18(21-14-22-24)11-12-20-19(25)23-17-10-6-5-9-16(17)13-15-7-3-2-4-8-15/h2-4,7-8,14,16-17H,5-6,9-13H2,1H3,(H2,20,23,25)/t16-,17-/m1/s1. The molecule has 6 nitrogen and oxygen atoms in total. The molecule has 1 saturated carbocycles. The molecule has 1 aliphatic carbocycles. The Balaban J connectivity index is 1.47. The number of nitrogens with zero attached hydrogens (tertiary/aromatic N) is 3. The SMILES string of the molecule is Cn1ncnc1CCNC(=O)N[C@@H]1CCCC[C@@H]1Cc1ccccc1. The van der Waals surface area contributed by atoms with E-state index < -0.39 is 0 Å². The molecule has 0 aliphatic heterocycles. The lowest BCUT2D eigenvalue weighted by atomic mass is 9.81. The molecule has 0 saturated heterocycles. The lowest BCUT2D eigenvalue weighted by molar-refractivity contribution is 0.217. The number of nitrogens with one attached hydrogen (secondary N) is 2. The van der Waals surface area contributed by atoms with Gasteiger partial charge in [0.2, 0.25) is 0 Å². The van der Waals surface area contributed by atoms with E-state index in [-0.39, 0.29) is 12.1 Å². The first-order valence-electron chi connectivity index (χ1n) is 9.13. The molecule has 2 amide bonds. The molecule has 1 aromatic carbocycles. The van der Waals surface area contributed by atoms with Gasteiger partial charge in [-0.05, 0) is 30.7 Å². The van der Waals surface area contributed by atoms with Crippen LogP contribution in [0.2, 0.25) is 0 Å². The maximum absolute atomic E-state index is 12.3. The van der Waals surface area contributed by atoms with Crippen LogP contribution in [0.4, 0.5) is 4.79 Å². The Labute approximate surface area is 149 Å². The summed E-state index contributed by atoms with van der Waals surface area (Å²) in [4.78, 5) is 16.4. The van der Waals surface area contributed by atoms with Gasteiger partial charge in [0.1, 0.15) is 12.2 Å². The average Bonchev–Trinajstić information content (AvgIpc) is 3.03. The Morgan fingerprint density at radius 2 is 2.04 bits per heavy atom. The van der Waals surface area contributed by atoms with Crippen LogP contribution in [0, 0.1) is 5.92 Å². The summed E-state index contributed by atoms with van der Waals surface area (Å²) in [6.07, 6.45) is 7.93. The van der Waals surface area contributed by atoms with E-state index in [0.29, 0.717) is 18.9 Å². The number of amides is 2. The van der Waals surface area contributed by atoms with Gasteiger partial charge in [-0.15, -0.1) is 0 Å². The molecule has 2 aromatic rings. The Morgan fingerprint density at radius 3 is 2.80 bits per heavy atom. The number of carbonyl (C=O) groups excluding carboxylic acids is 1. The third kappa shape index (κ3) is 5.05. The summed E-state index contributed by atoms with van der Waals surface area (Å²) in [6.45, 7) is 0.564. The van der Waals surface area contributed by atoms with Gasteiger partial charge in [-0.1, -0.05) is 43.2 Å². The Morgan fingerprint density at radius 1 is 1.24 bits per heavy atom. The molecule has 134 valence electrons. The summed E-state index contributed by atoms with van der Waals surface area (Å²) in [5.41, 5.74) is 1.35. The van der Waals surface area contributed by atoms with Gasteiger partial charge in [-0.3, -0.25) is 4.68 Å². The normalized spacial score (nSPS) is 20.2. The third-order valence-corrected chi connectivity index (χ3v) is 5.01. The molecule has 2 N–H and O–H groups in total. The number of aryl methyl sites for hydroxylation is 1. The topological polar surface area (TPSA) is 71.8 Å². The molecule has 0 bridgehead atoms. The monoisotopic (exact) mass is 341 g/mol. The first kappa shape index (κ1) is 17.5. The summed E-state index contributed by atoms with van der Waals surface area (Å²) in [5.74, 6) is 1.39. The minimum absolute atomic E-state index is 0.0767. The summed E-state index contributed by atoms with van der Waals surface area (Å²) in [6, 6.07) is 10.7. The zero-order chi connectivity index (χ0) is 17.5. The van der Waals surface area contributed by atoms with E-state index in [1.54, 1.807) is 4.68 Å². The minimum Gasteiger partial charge on any atom is -0.338 e. The lowest BCUT2D eigenvalue weighted by Gasteiger charge is -2.32. The van der Waals surface area contributed by atoms with Gasteiger partial charge in [0.25, 0.3) is 0 Å². The highest BCUT2D eigenvalue weighted by molar-refractivity contribution is 5.74. The molecule has 1 fully saturated rings. The molecule has 1 heterocycles. The predicted octanol–water partition coefficient (Wildman–Crippen LogP) is 2.46. The molecule has 3 rings (SSSR count). The van der Waals surface area contributed by atoms with E-state index in [0.717, 1.165) is 18.7 Å². The number of aromatic nitrogens is 3. The van der Waals surface area contributed by atoms with E-state index in [4.69, 9.17) is 0 Å². The molecule has 2 atom stereocenters. The van der Waals surface area contributed by atoms with E-state index in [2.05, 4.69) is 45.0 Å². The second kappa shape index (κ2) is 8.65. The molecule has 0 unspecified atom stereocenters. The van der Waals surface area contributed by atoms with Gasteiger partial charge in [0.05, 0.1) is 0 Å². The maximum Gasteiger partial charge on any atom is 0.315 e. The number of hydrogen-bond donors (Lipinski definition) is 2. The Bertz CT molecular complexity index is 669. The van der Waals surface area contributed by atoms with Crippen molar-refractivity contribution in [1.82, 2.24) is 25.4 Å². The maximum atomic E-state index is 12.3. The quantitative estimate of drug-likeness (QED) is 0.848. The highest BCUT2D eigenvalue weighted by Gasteiger charge is 2.26. The van der Waals surface area contributed by atoms with Crippen molar-refractivity contribution in [3.8, 4) is 0 Å². The summed E-state index contributed by atoms with van der Waals surface area (Å²) >= 11 is 0. The smallest absolute Gasteiger partial charge is 0.315 e. The fourth-order valence-corrected chi connectivity index (χ4v) is 3.61. The number of benzene rings is 1. The fraction of sp³-hybridized carbons (Fsp3) is 0.526. The highest BCUT2D eigenvalue weighted by atomic mass is 16.2. The Kier molecular flexibility index (Phi) is 6.04. The van der Waals surface area contributed by atoms with Crippen molar-refractivity contribution in [1.29, 1.82) is 0 Å². The number of hydrogen-bond acceptors (Lipinski definition) is 3. The van der Waals surface area contributed by atoms with Crippen molar-refractivity contribution < 1.29 is 4.79 Å². The van der Waals surface area contributed by atoms with Crippen molar-refractivity contribution in [3.63, 3.8) is 0 Å². The fourth-order valence-electron chi connectivity index (χ4n) is 3.61. The van der Waals surface area contributed by atoms with Crippen molar-refractivity contribution in [2.24, 2.45) is 13.0 Å². The molecular formula is C19H27N5O. The van der Waals surface area contributed by atoms with Crippen LogP contribution in [0.5, 0.6) is 0 Å². The first-order valence-corrected chi connectivity index (χ1v) is 9.13. The van der Waals surface area contributed by atoms with Gasteiger partial charge >= 0.3 is 6.03 Å². The largest absolute Gasteiger partial charge is 0.338 e. The number of urea groups is 1. The second-order valence-corrected chi connectivity index (χ2v) is 6.79. The average molecular weight is 341 g/mol. The van der Waals surface area contributed by atoms with Gasteiger partial charge in [0, 0.05) is 26.1 Å². The van der Waals surface area contributed by atoms with Crippen LogP contribution < -0.4 is 10.6 Å². The number of carbonyl (C=O) groups is 1. The van der Waals surface area contributed by atoms with E-state index in [1.165, 1.54) is 31.2 Å². The van der Waals surface area contributed by atoms with Gasteiger partial charge in [-0.2, -0.15) is 5.10 Å². The lowest BCUT2D eigenvalue weighted by Crippen LogP contribution is -2.47. The molecular weight excluding hydrogens is 314 g/mol. The summed E-state index contributed by atoms with van der Waals surface area (Å²) < 4.78 is 1.73. The Hall–Kier alpha value is -2.37. The molecule has 1 aromatic heterocycles. The van der Waals surface area contributed by atoms with Crippen molar-refractivity contribution in [3.05, 3.63) is 48.0 Å². The molecule has 6 heteroatoms. The first-order chi connectivity index (χ1) is 12.2. The zero-order valence-electron chi connectivity index (χ0n) is 14.8. The predicted molar refractivity (Wildman–Crippen MR) is 97.1 cm³/mol. The van der Waals surface area contributed by atoms with Crippen LogP contribution in [-0.2, 0) is 19.9 Å². The van der Waals surface area contributed by atoms with E-state index in [9.17, 15) is 4.79 Å². The van der Waals surface area contributed by atoms with E-state index in [1.807, 2.05) is 13.1 Å². The van der Waals surface area contributed by atoms with Crippen molar-refractivity contribution in [2.45, 2.75) is 44.6 Å². The van der Waals surface area contributed by atoms with Crippen LogP contribution >= 0.6 is 0 Å². The van der Waals surface area contributed by atoms with E-state index >= 15 is 0 Å². The van der Waals surface area contributed by atoms with Crippen LogP contribution in [0.25, 0.3) is 0 Å². The van der Waals surface area contributed by atoms with Gasteiger partial charge < -0.3 is 10.6 Å². The molecule has 0 radical (unpaired) electrons. The molecule has 0 spiro atoms. The van der Waals surface area contributed by atoms with Crippen molar-refractivity contribution in [2.75, 3.05) is 6.54 Å². The second-order valence-electron chi connectivity index (χ2n) is 6.79. The summed E-state index contributed by atoms with van der Waals surface area (Å²) in [5, 5.41) is 10.2. The van der Waals surface area contributed by atoms with Crippen LogP contribution in [0.1, 0.15) is 37.1 Å². The molecule has 1 aliphatic rings. The summed E-state index contributed by atoms with van der Waals surface area (Å²) in [7, 11) is 1.86. The highest BCUT2D eigenvalue weighted by Crippen LogP contribution is 2.27.